The summed E-state index contributed by atoms with van der Waals surface area (Å²) >= 11 is 11.9. The smallest absolute Gasteiger partial charge is 0.241 e. The lowest BCUT2D eigenvalue weighted by Gasteiger charge is -2.08. The van der Waals surface area contributed by atoms with Gasteiger partial charge in [0.1, 0.15) is 12.4 Å². The molecule has 2 N–H and O–H groups in total. The molecular weight excluding hydrogens is 309 g/mol. The van der Waals surface area contributed by atoms with Crippen LogP contribution in [-0.2, 0) is 11.4 Å². The highest BCUT2D eigenvalue weighted by Crippen LogP contribution is 2.23. The maximum Gasteiger partial charge on any atom is 0.241 e. The molecule has 2 rings (SSSR count). The fraction of sp³-hybridized carbons (Fsp3) is 0.0625. The van der Waals surface area contributed by atoms with E-state index in [1.54, 1.807) is 18.2 Å². The molecule has 1 amide bonds. The Labute approximate surface area is 132 Å². The van der Waals surface area contributed by atoms with Gasteiger partial charge in [0.05, 0.1) is 0 Å². The highest BCUT2D eigenvalue weighted by Gasteiger charge is 2.02. The second kappa shape index (κ2) is 7.16. The van der Waals surface area contributed by atoms with Crippen molar-refractivity contribution in [2.24, 2.45) is 5.73 Å². The van der Waals surface area contributed by atoms with Gasteiger partial charge < -0.3 is 10.5 Å². The van der Waals surface area contributed by atoms with E-state index < -0.39 is 5.91 Å². The first-order valence-electron chi connectivity index (χ1n) is 6.19. The van der Waals surface area contributed by atoms with E-state index in [0.29, 0.717) is 22.4 Å². The molecule has 0 aliphatic carbocycles. The number of carbonyl (C=O) groups is 1. The van der Waals surface area contributed by atoms with Gasteiger partial charge in [-0.05, 0) is 35.9 Å². The Morgan fingerprint density at radius 2 is 1.86 bits per heavy atom. The number of nitrogens with two attached hydrogens (primary N) is 1. The van der Waals surface area contributed by atoms with Gasteiger partial charge in [-0.1, -0.05) is 41.4 Å². The summed E-state index contributed by atoms with van der Waals surface area (Å²) in [5, 5.41) is 1.16. The third-order valence-electron chi connectivity index (χ3n) is 2.73. The Morgan fingerprint density at radius 3 is 2.48 bits per heavy atom. The predicted molar refractivity (Wildman–Crippen MR) is 85.5 cm³/mol. The number of halogens is 2. The average Bonchev–Trinajstić information content (AvgIpc) is 2.45. The van der Waals surface area contributed by atoms with Crippen LogP contribution in [0.2, 0.25) is 10.0 Å². The first kappa shape index (κ1) is 15.4. The molecule has 0 radical (unpaired) electrons. The van der Waals surface area contributed by atoms with Gasteiger partial charge in [-0.25, -0.2) is 0 Å². The maximum atomic E-state index is 10.6. The summed E-state index contributed by atoms with van der Waals surface area (Å²) in [6.07, 6.45) is 2.95. The van der Waals surface area contributed by atoms with Crippen LogP contribution in [0.25, 0.3) is 6.08 Å². The number of hydrogen-bond donors (Lipinski definition) is 1. The quantitative estimate of drug-likeness (QED) is 0.844. The van der Waals surface area contributed by atoms with Crippen molar-refractivity contribution in [2.75, 3.05) is 0 Å². The number of benzene rings is 2. The molecule has 0 aromatic heterocycles. The van der Waals surface area contributed by atoms with Crippen LogP contribution in [0.5, 0.6) is 5.75 Å². The predicted octanol–water partition coefficient (Wildman–Crippen LogP) is 4.07. The molecule has 108 valence electrons. The lowest BCUT2D eigenvalue weighted by molar-refractivity contribution is -0.113. The molecule has 0 aliphatic rings. The third-order valence-corrected chi connectivity index (χ3v) is 3.32. The van der Waals surface area contributed by atoms with Crippen LogP contribution in [-0.4, -0.2) is 5.91 Å². The lowest BCUT2D eigenvalue weighted by Crippen LogP contribution is -2.05. The summed E-state index contributed by atoms with van der Waals surface area (Å²) in [6.45, 7) is 0.354. The minimum Gasteiger partial charge on any atom is -0.489 e. The van der Waals surface area contributed by atoms with E-state index in [-0.39, 0.29) is 0 Å². The summed E-state index contributed by atoms with van der Waals surface area (Å²) in [4.78, 5) is 10.6. The van der Waals surface area contributed by atoms with Crippen molar-refractivity contribution in [2.45, 2.75) is 6.61 Å². The van der Waals surface area contributed by atoms with E-state index in [1.807, 2.05) is 30.3 Å². The Bertz CT molecular complexity index is 666. The van der Waals surface area contributed by atoms with E-state index >= 15 is 0 Å². The molecule has 0 bridgehead atoms. The highest BCUT2D eigenvalue weighted by molar-refractivity contribution is 6.35. The minimum atomic E-state index is -0.479. The van der Waals surface area contributed by atoms with Crippen molar-refractivity contribution in [3.63, 3.8) is 0 Å². The molecule has 0 aliphatic heterocycles. The normalized spacial score (nSPS) is 10.8. The Morgan fingerprint density at radius 1 is 1.14 bits per heavy atom. The largest absolute Gasteiger partial charge is 0.489 e. The van der Waals surface area contributed by atoms with Gasteiger partial charge in [0.15, 0.2) is 0 Å². The van der Waals surface area contributed by atoms with Crippen molar-refractivity contribution in [1.29, 1.82) is 0 Å². The van der Waals surface area contributed by atoms with Crippen LogP contribution < -0.4 is 10.5 Å². The SMILES string of the molecule is NC(=O)/C=C/c1ccc(OCc2ccc(Cl)cc2Cl)cc1. The van der Waals surface area contributed by atoms with Crippen molar-refractivity contribution in [3.8, 4) is 5.75 Å². The Kier molecular flexibility index (Phi) is 5.26. The van der Waals surface area contributed by atoms with Gasteiger partial charge in [0.2, 0.25) is 5.91 Å². The topological polar surface area (TPSA) is 52.3 Å². The van der Waals surface area contributed by atoms with Crippen LogP contribution in [0, 0.1) is 0 Å². The molecule has 2 aromatic carbocycles. The van der Waals surface area contributed by atoms with Crippen molar-refractivity contribution in [1.82, 2.24) is 0 Å². The number of rotatable bonds is 5. The number of hydrogen-bond acceptors (Lipinski definition) is 2. The summed E-state index contributed by atoms with van der Waals surface area (Å²) in [6, 6.07) is 12.6. The first-order valence-corrected chi connectivity index (χ1v) is 6.94. The van der Waals surface area contributed by atoms with Crippen molar-refractivity contribution >= 4 is 35.2 Å². The van der Waals surface area contributed by atoms with Gasteiger partial charge in [-0.2, -0.15) is 0 Å². The zero-order valence-electron chi connectivity index (χ0n) is 11.1. The number of carbonyl (C=O) groups excluding carboxylic acids is 1. The summed E-state index contributed by atoms with van der Waals surface area (Å²) in [5.74, 6) is 0.227. The van der Waals surface area contributed by atoms with Gasteiger partial charge in [0.25, 0.3) is 0 Å². The van der Waals surface area contributed by atoms with Crippen LogP contribution >= 0.6 is 23.2 Å². The molecule has 5 heteroatoms. The standard InChI is InChI=1S/C16H13Cl2NO2/c17-13-5-4-12(15(18)9-13)10-21-14-6-1-11(2-7-14)3-8-16(19)20/h1-9H,10H2,(H2,19,20)/b8-3+. The van der Waals surface area contributed by atoms with Gasteiger partial charge in [-0.3, -0.25) is 4.79 Å². The number of amides is 1. The zero-order valence-corrected chi connectivity index (χ0v) is 12.6. The van der Waals surface area contributed by atoms with Crippen molar-refractivity contribution < 1.29 is 9.53 Å². The molecule has 21 heavy (non-hydrogen) atoms. The van der Waals surface area contributed by atoms with Crippen molar-refractivity contribution in [3.05, 3.63) is 69.7 Å². The Balaban J connectivity index is 1.99. The first-order chi connectivity index (χ1) is 10.0. The number of primary amides is 1. The van der Waals surface area contributed by atoms with E-state index in [1.165, 1.54) is 6.08 Å². The molecule has 0 heterocycles. The van der Waals surface area contributed by atoms with Crippen LogP contribution in [0.4, 0.5) is 0 Å². The van der Waals surface area contributed by atoms with E-state index in [2.05, 4.69) is 0 Å². The van der Waals surface area contributed by atoms with Gasteiger partial charge in [-0.15, -0.1) is 0 Å². The molecule has 0 fully saturated rings. The van der Waals surface area contributed by atoms with E-state index in [9.17, 15) is 4.79 Å². The van der Waals surface area contributed by atoms with E-state index in [4.69, 9.17) is 33.7 Å². The lowest BCUT2D eigenvalue weighted by atomic mass is 10.2. The van der Waals surface area contributed by atoms with Crippen LogP contribution in [0.3, 0.4) is 0 Å². The summed E-state index contributed by atoms with van der Waals surface area (Å²) in [7, 11) is 0. The summed E-state index contributed by atoms with van der Waals surface area (Å²) < 4.78 is 5.65. The van der Waals surface area contributed by atoms with Gasteiger partial charge in [0, 0.05) is 21.7 Å². The fourth-order valence-corrected chi connectivity index (χ4v) is 2.12. The molecule has 0 saturated heterocycles. The van der Waals surface area contributed by atoms with Crippen LogP contribution in [0.15, 0.2) is 48.5 Å². The highest BCUT2D eigenvalue weighted by atomic mass is 35.5. The molecule has 0 spiro atoms. The maximum absolute atomic E-state index is 10.6. The molecule has 0 saturated carbocycles. The zero-order chi connectivity index (χ0) is 15.2. The second-order valence-electron chi connectivity index (χ2n) is 4.33. The number of ether oxygens (including phenoxy) is 1. The summed E-state index contributed by atoms with van der Waals surface area (Å²) in [5.41, 5.74) is 6.76. The molecule has 3 nitrogen and oxygen atoms in total. The molecular formula is C16H13Cl2NO2. The fourth-order valence-electron chi connectivity index (χ4n) is 1.65. The van der Waals surface area contributed by atoms with E-state index in [0.717, 1.165) is 11.1 Å². The van der Waals surface area contributed by atoms with Gasteiger partial charge >= 0.3 is 0 Å². The second-order valence-corrected chi connectivity index (χ2v) is 5.17. The monoisotopic (exact) mass is 321 g/mol. The Hall–Kier alpha value is -1.97. The average molecular weight is 322 g/mol. The molecule has 0 atom stereocenters. The molecule has 2 aromatic rings. The van der Waals surface area contributed by atoms with Crippen LogP contribution in [0.1, 0.15) is 11.1 Å². The minimum absolute atomic E-state index is 0.354. The third kappa shape index (κ3) is 4.81. The molecule has 0 unspecified atom stereocenters.